The van der Waals surface area contributed by atoms with Crippen LogP contribution in [-0.2, 0) is 11.8 Å². The number of aliphatic carboxylic acids is 1. The number of amides is 1. The van der Waals surface area contributed by atoms with Crippen molar-refractivity contribution in [2.24, 2.45) is 7.05 Å². The lowest BCUT2D eigenvalue weighted by molar-refractivity contribution is -0.141. The van der Waals surface area contributed by atoms with E-state index in [0.29, 0.717) is 10.7 Å². The molecule has 0 aromatic carbocycles. The smallest absolute Gasteiger partial charge is 0.326 e. The third kappa shape index (κ3) is 2.21. The number of likely N-dealkylation sites (tertiary alicyclic amines) is 1. The van der Waals surface area contributed by atoms with Crippen LogP contribution in [0.25, 0.3) is 0 Å². The molecular weight excluding hydrogens is 260 g/mol. The number of halogens is 1. The minimum Gasteiger partial charge on any atom is -0.480 e. The second-order valence-electron chi connectivity index (χ2n) is 4.36. The van der Waals surface area contributed by atoms with Crippen molar-refractivity contribution in [2.45, 2.75) is 18.6 Å². The fraction of sp³-hybridized carbons (Fsp3) is 0.455. The first kappa shape index (κ1) is 12.9. The second-order valence-corrected chi connectivity index (χ2v) is 4.79. The number of aryl methyl sites for hydroxylation is 1. The first-order valence-corrected chi connectivity index (χ1v) is 5.81. The van der Waals surface area contributed by atoms with E-state index in [9.17, 15) is 14.7 Å². The van der Waals surface area contributed by atoms with Crippen molar-refractivity contribution in [1.82, 2.24) is 9.47 Å². The molecule has 0 aliphatic carbocycles. The number of hydrogen-bond donors (Lipinski definition) is 2. The molecule has 0 unspecified atom stereocenters. The zero-order valence-electron chi connectivity index (χ0n) is 9.71. The van der Waals surface area contributed by atoms with Crippen LogP contribution in [0.1, 0.15) is 16.9 Å². The van der Waals surface area contributed by atoms with Crippen LogP contribution in [0.3, 0.4) is 0 Å². The summed E-state index contributed by atoms with van der Waals surface area (Å²) in [5.41, 5.74) is 0.306. The van der Waals surface area contributed by atoms with Gasteiger partial charge >= 0.3 is 5.97 Å². The number of carboxylic acids is 1. The number of rotatable bonds is 2. The highest BCUT2D eigenvalue weighted by molar-refractivity contribution is 6.31. The molecule has 0 saturated carbocycles. The molecule has 2 heterocycles. The van der Waals surface area contributed by atoms with Gasteiger partial charge in [-0.3, -0.25) is 4.79 Å². The highest BCUT2D eigenvalue weighted by atomic mass is 35.5. The number of aliphatic hydroxyl groups is 1. The van der Waals surface area contributed by atoms with Gasteiger partial charge < -0.3 is 19.7 Å². The Bertz CT molecular complexity index is 499. The summed E-state index contributed by atoms with van der Waals surface area (Å²) >= 11 is 5.79. The summed E-state index contributed by atoms with van der Waals surface area (Å²) in [6.45, 7) is 0.0264. The highest BCUT2D eigenvalue weighted by Gasteiger charge is 2.39. The quantitative estimate of drug-likeness (QED) is 0.813. The Kier molecular flexibility index (Phi) is 3.32. The summed E-state index contributed by atoms with van der Waals surface area (Å²) in [7, 11) is 1.65. The van der Waals surface area contributed by atoms with Crippen molar-refractivity contribution in [3.8, 4) is 0 Å². The minimum atomic E-state index is -1.11. The molecular formula is C11H13ClN2O4. The Labute approximate surface area is 108 Å². The molecule has 7 heteroatoms. The molecule has 2 atom stereocenters. The monoisotopic (exact) mass is 272 g/mol. The lowest BCUT2D eigenvalue weighted by atomic mass is 10.2. The average molecular weight is 273 g/mol. The van der Waals surface area contributed by atoms with Crippen LogP contribution >= 0.6 is 11.6 Å². The summed E-state index contributed by atoms with van der Waals surface area (Å²) in [5.74, 6) is -1.55. The lowest BCUT2D eigenvalue weighted by Crippen LogP contribution is -2.41. The summed E-state index contributed by atoms with van der Waals surface area (Å²) in [6, 6.07) is 0.495. The van der Waals surface area contributed by atoms with Gasteiger partial charge in [-0.1, -0.05) is 11.6 Å². The van der Waals surface area contributed by atoms with Crippen LogP contribution in [-0.4, -0.2) is 50.2 Å². The maximum absolute atomic E-state index is 12.2. The van der Waals surface area contributed by atoms with E-state index in [1.807, 2.05) is 0 Å². The first-order chi connectivity index (χ1) is 8.40. The Balaban J connectivity index is 2.28. The number of carboxylic acid groups (broad SMARTS) is 1. The normalized spacial score (nSPS) is 23.4. The van der Waals surface area contributed by atoms with E-state index < -0.39 is 24.0 Å². The Hall–Kier alpha value is -1.53. The molecule has 1 saturated heterocycles. The topological polar surface area (TPSA) is 82.8 Å². The zero-order chi connectivity index (χ0) is 13.4. The molecule has 98 valence electrons. The molecule has 1 aromatic heterocycles. The van der Waals surface area contributed by atoms with E-state index in [-0.39, 0.29) is 13.0 Å². The third-order valence-corrected chi connectivity index (χ3v) is 3.22. The summed E-state index contributed by atoms with van der Waals surface area (Å²) < 4.78 is 1.54. The van der Waals surface area contributed by atoms with Crippen molar-refractivity contribution < 1.29 is 19.8 Å². The van der Waals surface area contributed by atoms with E-state index >= 15 is 0 Å². The van der Waals surface area contributed by atoms with E-state index in [0.717, 1.165) is 0 Å². The summed E-state index contributed by atoms with van der Waals surface area (Å²) in [4.78, 5) is 24.4. The van der Waals surface area contributed by atoms with Gasteiger partial charge in [-0.2, -0.15) is 0 Å². The van der Waals surface area contributed by atoms with Crippen molar-refractivity contribution >= 4 is 23.5 Å². The molecule has 1 amide bonds. The minimum absolute atomic E-state index is 0.0264. The van der Waals surface area contributed by atoms with Crippen LogP contribution in [0.5, 0.6) is 0 Å². The van der Waals surface area contributed by atoms with Crippen molar-refractivity contribution in [1.29, 1.82) is 0 Å². The molecule has 18 heavy (non-hydrogen) atoms. The molecule has 1 aliphatic rings. The average Bonchev–Trinajstić information content (AvgIpc) is 2.81. The van der Waals surface area contributed by atoms with Gasteiger partial charge in [0.1, 0.15) is 11.7 Å². The SMILES string of the molecule is Cn1cc(Cl)cc1C(=O)N1C[C@@H](O)C[C@H]1C(=O)O. The van der Waals surface area contributed by atoms with E-state index in [4.69, 9.17) is 16.7 Å². The number of carbonyl (C=O) groups is 2. The van der Waals surface area contributed by atoms with Gasteiger partial charge in [0.05, 0.1) is 11.1 Å². The molecule has 1 aromatic rings. The Morgan fingerprint density at radius 1 is 1.50 bits per heavy atom. The van der Waals surface area contributed by atoms with Crippen molar-refractivity contribution in [3.05, 3.63) is 23.0 Å². The second kappa shape index (κ2) is 4.62. The van der Waals surface area contributed by atoms with Gasteiger partial charge in [0.15, 0.2) is 0 Å². The van der Waals surface area contributed by atoms with Gasteiger partial charge in [-0.15, -0.1) is 0 Å². The van der Waals surface area contributed by atoms with E-state index in [2.05, 4.69) is 0 Å². The molecule has 6 nitrogen and oxygen atoms in total. The number of aliphatic hydroxyl groups excluding tert-OH is 1. The van der Waals surface area contributed by atoms with Gasteiger partial charge in [0.25, 0.3) is 5.91 Å². The predicted molar refractivity (Wildman–Crippen MR) is 63.5 cm³/mol. The number of hydrogen-bond acceptors (Lipinski definition) is 3. The largest absolute Gasteiger partial charge is 0.480 e. The maximum Gasteiger partial charge on any atom is 0.326 e. The molecule has 2 rings (SSSR count). The van der Waals surface area contributed by atoms with Crippen LogP contribution in [0, 0.1) is 0 Å². The van der Waals surface area contributed by atoms with Crippen LogP contribution in [0.4, 0.5) is 0 Å². The van der Waals surface area contributed by atoms with E-state index in [1.54, 1.807) is 13.2 Å². The standard InChI is InChI=1S/C11H13ClN2O4/c1-13-4-6(12)2-8(13)10(16)14-5-7(15)3-9(14)11(17)18/h2,4,7,9,15H,3,5H2,1H3,(H,17,18)/t7-,9-/m0/s1. The van der Waals surface area contributed by atoms with Crippen molar-refractivity contribution in [2.75, 3.05) is 6.54 Å². The maximum atomic E-state index is 12.2. The first-order valence-electron chi connectivity index (χ1n) is 5.44. The van der Waals surface area contributed by atoms with Crippen LogP contribution in [0.2, 0.25) is 5.02 Å². The van der Waals surface area contributed by atoms with Gasteiger partial charge in [0.2, 0.25) is 0 Å². The van der Waals surface area contributed by atoms with E-state index in [1.165, 1.54) is 15.5 Å². The number of aromatic nitrogens is 1. The summed E-state index contributed by atoms with van der Waals surface area (Å²) in [6.07, 6.45) is 0.821. The molecule has 1 aliphatic heterocycles. The highest BCUT2D eigenvalue weighted by Crippen LogP contribution is 2.22. The van der Waals surface area contributed by atoms with Gasteiger partial charge in [-0.05, 0) is 6.07 Å². The van der Waals surface area contributed by atoms with Gasteiger partial charge in [0, 0.05) is 26.2 Å². The fourth-order valence-electron chi connectivity index (χ4n) is 2.16. The number of β-amino-alcohol motifs (C(OH)–C–C–N with tert-alkyl or cyclic N) is 1. The molecule has 2 N–H and O–H groups in total. The zero-order valence-corrected chi connectivity index (χ0v) is 10.5. The fourth-order valence-corrected chi connectivity index (χ4v) is 2.41. The predicted octanol–water partition coefficient (Wildman–Crippen LogP) is 0.339. The van der Waals surface area contributed by atoms with Crippen LogP contribution in [0.15, 0.2) is 12.3 Å². The van der Waals surface area contributed by atoms with Gasteiger partial charge in [-0.25, -0.2) is 4.79 Å². The van der Waals surface area contributed by atoms with Crippen molar-refractivity contribution in [3.63, 3.8) is 0 Å². The number of carbonyl (C=O) groups excluding carboxylic acids is 1. The lowest BCUT2D eigenvalue weighted by Gasteiger charge is -2.21. The Morgan fingerprint density at radius 3 is 2.67 bits per heavy atom. The molecule has 1 fully saturated rings. The molecule has 0 radical (unpaired) electrons. The molecule has 0 spiro atoms. The number of nitrogens with zero attached hydrogens (tertiary/aromatic N) is 2. The summed E-state index contributed by atoms with van der Waals surface area (Å²) in [5, 5.41) is 18.9. The molecule has 0 bridgehead atoms. The third-order valence-electron chi connectivity index (χ3n) is 3.02. The Morgan fingerprint density at radius 2 is 2.17 bits per heavy atom. The van der Waals surface area contributed by atoms with Crippen LogP contribution < -0.4 is 0 Å².